The van der Waals surface area contributed by atoms with Gasteiger partial charge in [-0.3, -0.25) is 4.79 Å². The van der Waals surface area contributed by atoms with Crippen LogP contribution in [0.4, 0.5) is 19.0 Å². The Morgan fingerprint density at radius 3 is 2.76 bits per heavy atom. The summed E-state index contributed by atoms with van der Waals surface area (Å²) in [6.07, 6.45) is -2.87. The fourth-order valence-corrected chi connectivity index (χ4v) is 1.24. The van der Waals surface area contributed by atoms with Crippen molar-refractivity contribution in [1.82, 2.24) is 4.98 Å². The molecule has 2 N–H and O–H groups in total. The number of aromatic nitrogens is 1. The van der Waals surface area contributed by atoms with Gasteiger partial charge in [-0.15, -0.1) is 0 Å². The van der Waals surface area contributed by atoms with Crippen LogP contribution < -0.4 is 5.73 Å². The maximum Gasteiger partial charge on any atom is 0.310 e. The largest absolute Gasteiger partial charge is 0.466 e. The van der Waals surface area contributed by atoms with Crippen LogP contribution in [-0.4, -0.2) is 17.6 Å². The first-order valence-electron chi connectivity index (χ1n) is 4.83. The van der Waals surface area contributed by atoms with Gasteiger partial charge in [0.1, 0.15) is 11.6 Å². The van der Waals surface area contributed by atoms with E-state index in [-0.39, 0.29) is 18.0 Å². The molecule has 4 nitrogen and oxygen atoms in total. The minimum atomic E-state index is -3.01. The summed E-state index contributed by atoms with van der Waals surface area (Å²) in [7, 11) is 0. The van der Waals surface area contributed by atoms with Crippen LogP contribution in [0.2, 0.25) is 0 Å². The third-order valence-electron chi connectivity index (χ3n) is 2.03. The molecule has 0 atom stereocenters. The number of ether oxygens (including phenoxy) is 1. The third kappa shape index (κ3) is 3.08. The zero-order chi connectivity index (χ0) is 13.0. The molecule has 17 heavy (non-hydrogen) atoms. The summed E-state index contributed by atoms with van der Waals surface area (Å²) in [6, 6.07) is 0. The zero-order valence-corrected chi connectivity index (χ0v) is 9.04. The third-order valence-corrected chi connectivity index (χ3v) is 2.03. The lowest BCUT2D eigenvalue weighted by molar-refractivity contribution is -0.142. The average molecular weight is 248 g/mol. The van der Waals surface area contributed by atoms with Gasteiger partial charge in [0.05, 0.1) is 18.6 Å². The SMILES string of the molecule is CCOC(=O)Cc1c(N)ncc(C(F)F)c1F. The number of hydrogen-bond donors (Lipinski definition) is 1. The van der Waals surface area contributed by atoms with E-state index in [0.717, 1.165) is 0 Å². The van der Waals surface area contributed by atoms with Gasteiger partial charge in [0.2, 0.25) is 0 Å². The number of esters is 1. The highest BCUT2D eigenvalue weighted by Crippen LogP contribution is 2.26. The van der Waals surface area contributed by atoms with E-state index in [1.807, 2.05) is 0 Å². The first-order valence-corrected chi connectivity index (χ1v) is 4.83. The Labute approximate surface area is 95.6 Å². The van der Waals surface area contributed by atoms with Gasteiger partial charge in [0, 0.05) is 11.8 Å². The molecular weight excluding hydrogens is 237 g/mol. The van der Waals surface area contributed by atoms with E-state index in [2.05, 4.69) is 9.72 Å². The number of carbonyl (C=O) groups excluding carboxylic acids is 1. The van der Waals surface area contributed by atoms with Gasteiger partial charge in [-0.1, -0.05) is 0 Å². The van der Waals surface area contributed by atoms with Crippen molar-refractivity contribution in [3.05, 3.63) is 23.1 Å². The molecule has 1 heterocycles. The van der Waals surface area contributed by atoms with Gasteiger partial charge in [-0.05, 0) is 6.92 Å². The first kappa shape index (κ1) is 13.3. The molecule has 0 spiro atoms. The number of carbonyl (C=O) groups is 1. The van der Waals surface area contributed by atoms with Gasteiger partial charge >= 0.3 is 5.97 Å². The number of anilines is 1. The number of pyridine rings is 1. The van der Waals surface area contributed by atoms with Crippen molar-refractivity contribution >= 4 is 11.8 Å². The number of halogens is 3. The maximum atomic E-state index is 13.6. The molecule has 0 radical (unpaired) electrons. The molecule has 0 saturated carbocycles. The lowest BCUT2D eigenvalue weighted by atomic mass is 10.1. The monoisotopic (exact) mass is 248 g/mol. The summed E-state index contributed by atoms with van der Waals surface area (Å²) < 4.78 is 42.9. The van der Waals surface area contributed by atoms with Crippen molar-refractivity contribution in [2.75, 3.05) is 12.3 Å². The molecule has 0 bridgehead atoms. The van der Waals surface area contributed by atoms with Crippen LogP contribution in [0, 0.1) is 5.82 Å². The van der Waals surface area contributed by atoms with Gasteiger partial charge in [-0.25, -0.2) is 18.2 Å². The Hall–Kier alpha value is -1.79. The molecule has 1 rings (SSSR count). The van der Waals surface area contributed by atoms with Crippen molar-refractivity contribution in [2.24, 2.45) is 0 Å². The lowest BCUT2D eigenvalue weighted by Crippen LogP contribution is -2.13. The van der Waals surface area contributed by atoms with Crippen molar-refractivity contribution in [2.45, 2.75) is 19.8 Å². The predicted molar refractivity (Wildman–Crippen MR) is 53.9 cm³/mol. The summed E-state index contributed by atoms with van der Waals surface area (Å²) in [4.78, 5) is 14.6. The van der Waals surface area contributed by atoms with Crippen LogP contribution >= 0.6 is 0 Å². The zero-order valence-electron chi connectivity index (χ0n) is 9.04. The summed E-state index contributed by atoms with van der Waals surface area (Å²) in [5.74, 6) is -2.24. The summed E-state index contributed by atoms with van der Waals surface area (Å²) >= 11 is 0. The number of alkyl halides is 2. The van der Waals surface area contributed by atoms with Crippen LogP contribution in [0.1, 0.15) is 24.5 Å². The number of hydrogen-bond acceptors (Lipinski definition) is 4. The highest BCUT2D eigenvalue weighted by Gasteiger charge is 2.21. The Morgan fingerprint density at radius 1 is 1.59 bits per heavy atom. The second kappa shape index (κ2) is 5.51. The molecule has 0 aliphatic heterocycles. The van der Waals surface area contributed by atoms with Crippen molar-refractivity contribution < 1.29 is 22.7 Å². The van der Waals surface area contributed by atoms with Crippen molar-refractivity contribution in [3.63, 3.8) is 0 Å². The van der Waals surface area contributed by atoms with Gasteiger partial charge in [-0.2, -0.15) is 0 Å². The quantitative estimate of drug-likeness (QED) is 0.826. The van der Waals surface area contributed by atoms with E-state index in [0.29, 0.717) is 6.20 Å². The smallest absolute Gasteiger partial charge is 0.310 e. The number of nitrogens with zero attached hydrogens (tertiary/aromatic N) is 1. The second-order valence-electron chi connectivity index (χ2n) is 3.17. The molecule has 1 aromatic rings. The average Bonchev–Trinajstić information content (AvgIpc) is 2.24. The van der Waals surface area contributed by atoms with Gasteiger partial charge in [0.15, 0.2) is 0 Å². The number of nitrogens with two attached hydrogens (primary N) is 1. The van der Waals surface area contributed by atoms with Gasteiger partial charge in [0.25, 0.3) is 6.43 Å². The van der Waals surface area contributed by atoms with Crippen LogP contribution in [0.25, 0.3) is 0 Å². The predicted octanol–water partition coefficient (Wildman–Crippen LogP) is 1.85. The standard InChI is InChI=1S/C10H11F3N2O2/c1-2-17-7(16)3-5-8(11)6(9(12)13)4-15-10(5)14/h4,9H,2-3H2,1H3,(H2,14,15). The first-order chi connectivity index (χ1) is 7.97. The minimum Gasteiger partial charge on any atom is -0.466 e. The van der Waals surface area contributed by atoms with E-state index in [1.165, 1.54) is 0 Å². The normalized spacial score (nSPS) is 10.6. The van der Waals surface area contributed by atoms with E-state index in [1.54, 1.807) is 6.92 Å². The van der Waals surface area contributed by atoms with E-state index < -0.39 is 30.2 Å². The molecule has 0 aliphatic carbocycles. The molecule has 0 fully saturated rings. The Balaban J connectivity index is 3.05. The molecule has 1 aromatic heterocycles. The molecule has 0 saturated heterocycles. The Morgan fingerprint density at radius 2 is 2.24 bits per heavy atom. The lowest BCUT2D eigenvalue weighted by Gasteiger charge is -2.09. The van der Waals surface area contributed by atoms with Crippen LogP contribution in [0.15, 0.2) is 6.20 Å². The summed E-state index contributed by atoms with van der Waals surface area (Å²) in [6.45, 7) is 1.69. The van der Waals surface area contributed by atoms with E-state index in [4.69, 9.17) is 5.73 Å². The summed E-state index contributed by atoms with van der Waals surface area (Å²) in [5, 5.41) is 0. The number of rotatable bonds is 4. The van der Waals surface area contributed by atoms with Crippen LogP contribution in [0.3, 0.4) is 0 Å². The molecule has 0 amide bonds. The molecule has 0 aliphatic rings. The van der Waals surface area contributed by atoms with E-state index >= 15 is 0 Å². The van der Waals surface area contributed by atoms with Crippen LogP contribution in [-0.2, 0) is 16.0 Å². The Kier molecular flexibility index (Phi) is 4.30. The van der Waals surface area contributed by atoms with Crippen LogP contribution in [0.5, 0.6) is 0 Å². The fourth-order valence-electron chi connectivity index (χ4n) is 1.24. The van der Waals surface area contributed by atoms with E-state index in [9.17, 15) is 18.0 Å². The topological polar surface area (TPSA) is 65.2 Å². The molecule has 94 valence electrons. The highest BCUT2D eigenvalue weighted by molar-refractivity contribution is 5.74. The Bertz CT molecular complexity index is 424. The fraction of sp³-hybridized carbons (Fsp3) is 0.400. The molecule has 0 aromatic carbocycles. The molecule has 0 unspecified atom stereocenters. The summed E-state index contributed by atoms with van der Waals surface area (Å²) in [5.41, 5.74) is 4.09. The molecule has 7 heteroatoms. The highest BCUT2D eigenvalue weighted by atomic mass is 19.3. The molecular formula is C10H11F3N2O2. The second-order valence-corrected chi connectivity index (χ2v) is 3.17. The van der Waals surface area contributed by atoms with Crippen molar-refractivity contribution in [3.8, 4) is 0 Å². The maximum absolute atomic E-state index is 13.6. The minimum absolute atomic E-state index is 0.113. The number of nitrogen functional groups attached to an aromatic ring is 1. The van der Waals surface area contributed by atoms with Gasteiger partial charge < -0.3 is 10.5 Å². The van der Waals surface area contributed by atoms with Crippen molar-refractivity contribution in [1.29, 1.82) is 0 Å².